The minimum atomic E-state index is -0.294. The molecule has 8 heteroatoms. The Hall–Kier alpha value is -3.03. The number of aryl methyl sites for hydroxylation is 1. The third-order valence-corrected chi connectivity index (χ3v) is 3.56. The summed E-state index contributed by atoms with van der Waals surface area (Å²) in [5.41, 5.74) is 12.1. The minimum Gasteiger partial charge on any atom is -0.497 e. The summed E-state index contributed by atoms with van der Waals surface area (Å²) in [7, 11) is 4.79. The smallest absolute Gasteiger partial charge is 0.223 e. The summed E-state index contributed by atoms with van der Waals surface area (Å²) < 4.78 is 12.3. The molecule has 2 aromatic heterocycles. The Morgan fingerprint density at radius 1 is 1.14 bits per heavy atom. The molecule has 0 saturated heterocycles. The van der Waals surface area contributed by atoms with Crippen molar-refractivity contribution in [2.45, 2.75) is 0 Å². The molecular weight excluding hydrogens is 286 g/mol. The molecule has 0 radical (unpaired) electrons. The van der Waals surface area contributed by atoms with Crippen LogP contribution in [0.15, 0.2) is 16.9 Å². The lowest BCUT2D eigenvalue weighted by Crippen LogP contribution is -2.15. The fourth-order valence-electron chi connectivity index (χ4n) is 2.56. The molecule has 114 valence electrons. The van der Waals surface area contributed by atoms with Crippen molar-refractivity contribution in [3.05, 3.63) is 22.4 Å². The summed E-state index contributed by atoms with van der Waals surface area (Å²) >= 11 is 0. The van der Waals surface area contributed by atoms with Gasteiger partial charge in [0.25, 0.3) is 0 Å². The zero-order valence-electron chi connectivity index (χ0n) is 12.4. The summed E-state index contributed by atoms with van der Waals surface area (Å²) in [4.78, 5) is 20.8. The topological polar surface area (TPSA) is 118 Å². The van der Waals surface area contributed by atoms with Gasteiger partial charge in [0.05, 0.1) is 25.1 Å². The maximum Gasteiger partial charge on any atom is 0.223 e. The minimum absolute atomic E-state index is 0.00632. The van der Waals surface area contributed by atoms with Crippen molar-refractivity contribution in [1.29, 1.82) is 0 Å². The second kappa shape index (κ2) is 4.76. The van der Waals surface area contributed by atoms with E-state index in [1.54, 1.807) is 23.7 Å². The second-order valence-corrected chi connectivity index (χ2v) is 4.78. The van der Waals surface area contributed by atoms with Crippen LogP contribution in [-0.4, -0.2) is 28.8 Å². The SMILES string of the molecule is COc1cc(OC)c2c(c1)c(=O)c1c(N)nc(N)nc1n2C. The van der Waals surface area contributed by atoms with Crippen molar-refractivity contribution in [2.75, 3.05) is 25.7 Å². The van der Waals surface area contributed by atoms with E-state index < -0.39 is 0 Å². The van der Waals surface area contributed by atoms with Gasteiger partial charge >= 0.3 is 0 Å². The summed E-state index contributed by atoms with van der Waals surface area (Å²) in [5.74, 6) is 1.06. The molecule has 0 atom stereocenters. The van der Waals surface area contributed by atoms with Gasteiger partial charge in [0.15, 0.2) is 5.65 Å². The first kappa shape index (κ1) is 13.9. The highest BCUT2D eigenvalue weighted by Crippen LogP contribution is 2.31. The van der Waals surface area contributed by atoms with E-state index in [0.29, 0.717) is 28.0 Å². The normalized spacial score (nSPS) is 11.0. The molecule has 1 aromatic carbocycles. The first-order chi connectivity index (χ1) is 10.5. The van der Waals surface area contributed by atoms with Crippen LogP contribution in [0.25, 0.3) is 21.9 Å². The van der Waals surface area contributed by atoms with E-state index in [-0.39, 0.29) is 22.6 Å². The average Bonchev–Trinajstić information content (AvgIpc) is 2.50. The van der Waals surface area contributed by atoms with E-state index >= 15 is 0 Å². The molecule has 0 amide bonds. The van der Waals surface area contributed by atoms with Gasteiger partial charge in [0, 0.05) is 13.1 Å². The quantitative estimate of drug-likeness (QED) is 0.667. The standard InChI is InChI=1S/C14H15N5O3/c1-19-10-7(4-6(21-2)5-8(10)22-3)11(20)9-12(15)17-14(16)18-13(9)19/h4-5H,1-3H3,(H4,15,16,17,18). The number of hydrogen-bond acceptors (Lipinski definition) is 7. The van der Waals surface area contributed by atoms with Crippen molar-refractivity contribution in [3.8, 4) is 11.5 Å². The number of hydrogen-bond donors (Lipinski definition) is 2. The summed E-state index contributed by atoms with van der Waals surface area (Å²) in [6, 6.07) is 3.33. The van der Waals surface area contributed by atoms with Crippen LogP contribution in [0, 0.1) is 0 Å². The molecule has 0 spiro atoms. The average molecular weight is 301 g/mol. The zero-order valence-corrected chi connectivity index (χ0v) is 12.4. The van der Waals surface area contributed by atoms with Crippen molar-refractivity contribution >= 4 is 33.7 Å². The molecule has 0 saturated carbocycles. The first-order valence-electron chi connectivity index (χ1n) is 6.45. The van der Waals surface area contributed by atoms with E-state index in [2.05, 4.69) is 9.97 Å². The molecule has 0 aliphatic heterocycles. The van der Waals surface area contributed by atoms with Crippen LogP contribution >= 0.6 is 0 Å². The Labute approximate surface area is 125 Å². The second-order valence-electron chi connectivity index (χ2n) is 4.78. The first-order valence-corrected chi connectivity index (χ1v) is 6.45. The van der Waals surface area contributed by atoms with Crippen molar-refractivity contribution in [1.82, 2.24) is 14.5 Å². The summed E-state index contributed by atoms with van der Waals surface area (Å²) in [6.07, 6.45) is 0. The van der Waals surface area contributed by atoms with E-state index in [4.69, 9.17) is 20.9 Å². The highest BCUT2D eigenvalue weighted by molar-refractivity contribution is 5.99. The van der Waals surface area contributed by atoms with Crippen LogP contribution in [0.1, 0.15) is 0 Å². The van der Waals surface area contributed by atoms with Gasteiger partial charge < -0.3 is 25.5 Å². The van der Waals surface area contributed by atoms with Gasteiger partial charge in [0.2, 0.25) is 11.4 Å². The van der Waals surface area contributed by atoms with E-state index in [9.17, 15) is 4.79 Å². The molecule has 0 bridgehead atoms. The van der Waals surface area contributed by atoms with E-state index in [1.807, 2.05) is 0 Å². The molecule has 0 aliphatic rings. The summed E-state index contributed by atoms with van der Waals surface area (Å²) in [5, 5.41) is 0.630. The monoisotopic (exact) mass is 301 g/mol. The Morgan fingerprint density at radius 3 is 2.50 bits per heavy atom. The number of ether oxygens (including phenoxy) is 2. The number of nitrogen functional groups attached to an aromatic ring is 2. The molecule has 4 N–H and O–H groups in total. The van der Waals surface area contributed by atoms with Crippen LogP contribution in [0.4, 0.5) is 11.8 Å². The number of nitrogens with zero attached hydrogens (tertiary/aromatic N) is 3. The molecule has 2 heterocycles. The zero-order chi connectivity index (χ0) is 16.0. The predicted molar refractivity (Wildman–Crippen MR) is 84.2 cm³/mol. The Balaban J connectivity index is 2.65. The number of pyridine rings is 1. The molecular formula is C14H15N5O3. The highest BCUT2D eigenvalue weighted by atomic mass is 16.5. The molecule has 3 aromatic rings. The number of nitrogens with two attached hydrogens (primary N) is 2. The fourth-order valence-corrected chi connectivity index (χ4v) is 2.56. The van der Waals surface area contributed by atoms with Crippen LogP contribution < -0.4 is 26.4 Å². The molecule has 0 unspecified atom stereocenters. The molecule has 22 heavy (non-hydrogen) atoms. The van der Waals surface area contributed by atoms with Crippen LogP contribution in [0.5, 0.6) is 11.5 Å². The van der Waals surface area contributed by atoms with Gasteiger partial charge in [-0.15, -0.1) is 0 Å². The molecule has 8 nitrogen and oxygen atoms in total. The summed E-state index contributed by atoms with van der Waals surface area (Å²) in [6.45, 7) is 0. The number of fused-ring (bicyclic) bond motifs is 2. The lowest BCUT2D eigenvalue weighted by atomic mass is 10.1. The molecule has 3 rings (SSSR count). The largest absolute Gasteiger partial charge is 0.497 e. The maximum atomic E-state index is 12.8. The van der Waals surface area contributed by atoms with Crippen molar-refractivity contribution in [3.63, 3.8) is 0 Å². The fraction of sp³-hybridized carbons (Fsp3) is 0.214. The van der Waals surface area contributed by atoms with Crippen LogP contribution in [0.3, 0.4) is 0 Å². The predicted octanol–water partition coefficient (Wildman–Crippen LogP) is 0.663. The molecule has 0 aliphatic carbocycles. The van der Waals surface area contributed by atoms with Gasteiger partial charge in [-0.05, 0) is 6.07 Å². The third-order valence-electron chi connectivity index (χ3n) is 3.56. The molecule has 0 fully saturated rings. The number of aromatic nitrogens is 3. The maximum absolute atomic E-state index is 12.8. The third kappa shape index (κ3) is 1.80. The van der Waals surface area contributed by atoms with Crippen molar-refractivity contribution in [2.24, 2.45) is 7.05 Å². The lowest BCUT2D eigenvalue weighted by Gasteiger charge is -2.14. The Bertz CT molecular complexity index is 964. The van der Waals surface area contributed by atoms with Gasteiger partial charge in [0.1, 0.15) is 22.7 Å². The van der Waals surface area contributed by atoms with Gasteiger partial charge in [-0.2, -0.15) is 9.97 Å². The van der Waals surface area contributed by atoms with Crippen LogP contribution in [-0.2, 0) is 7.05 Å². The van der Waals surface area contributed by atoms with Crippen LogP contribution in [0.2, 0.25) is 0 Å². The van der Waals surface area contributed by atoms with Gasteiger partial charge in [-0.25, -0.2) is 0 Å². The lowest BCUT2D eigenvalue weighted by molar-refractivity contribution is 0.397. The highest BCUT2D eigenvalue weighted by Gasteiger charge is 2.18. The number of benzene rings is 1. The number of anilines is 2. The van der Waals surface area contributed by atoms with Gasteiger partial charge in [-0.1, -0.05) is 0 Å². The van der Waals surface area contributed by atoms with E-state index in [0.717, 1.165) is 0 Å². The van der Waals surface area contributed by atoms with Crippen molar-refractivity contribution < 1.29 is 9.47 Å². The van der Waals surface area contributed by atoms with Gasteiger partial charge in [-0.3, -0.25) is 4.79 Å². The Kier molecular flexibility index (Phi) is 3.01. The number of rotatable bonds is 2. The Morgan fingerprint density at radius 2 is 1.86 bits per heavy atom. The van der Waals surface area contributed by atoms with E-state index in [1.165, 1.54) is 14.2 Å². The number of methoxy groups -OCH3 is 2.